The third-order valence-corrected chi connectivity index (χ3v) is 15.7. The van der Waals surface area contributed by atoms with E-state index in [2.05, 4.69) is 27.3 Å². The minimum Gasteiger partial charge on any atom is -0.342 e. The second-order valence-electron chi connectivity index (χ2n) is 17.9. The molecular formula is C38H59N5O8S2. The first-order valence-corrected chi connectivity index (χ1v) is 21.6. The summed E-state index contributed by atoms with van der Waals surface area (Å²) in [5, 5.41) is 8.57. The summed E-state index contributed by atoms with van der Waals surface area (Å²) < 4.78 is 53.8. The van der Waals surface area contributed by atoms with Crippen LogP contribution in [0.25, 0.3) is 0 Å². The van der Waals surface area contributed by atoms with Gasteiger partial charge in [0, 0.05) is 12.5 Å². The molecule has 2 saturated carbocycles. The van der Waals surface area contributed by atoms with Gasteiger partial charge in [-0.1, -0.05) is 85.1 Å². The van der Waals surface area contributed by atoms with Gasteiger partial charge in [-0.2, -0.15) is 0 Å². The van der Waals surface area contributed by atoms with Crippen LogP contribution in [-0.2, 0) is 34.2 Å². The fraction of sp³-hybridized carbons (Fsp3) is 0.684. The maximum absolute atomic E-state index is 14.5. The van der Waals surface area contributed by atoms with E-state index in [9.17, 15) is 36.0 Å². The molecule has 6 atom stereocenters. The van der Waals surface area contributed by atoms with Gasteiger partial charge in [-0.15, -0.1) is 6.58 Å². The van der Waals surface area contributed by atoms with Crippen LogP contribution >= 0.6 is 0 Å². The van der Waals surface area contributed by atoms with Gasteiger partial charge < -0.3 is 20.9 Å². The van der Waals surface area contributed by atoms with Crippen LogP contribution in [0, 0.1) is 28.6 Å². The Hall–Kier alpha value is -3.46. The average molecular weight is 778 g/mol. The van der Waals surface area contributed by atoms with Crippen LogP contribution in [-0.4, -0.2) is 86.2 Å². The number of hydrogen-bond donors (Lipinski definition) is 4. The molecule has 53 heavy (non-hydrogen) atoms. The summed E-state index contributed by atoms with van der Waals surface area (Å²) >= 11 is 0. The summed E-state index contributed by atoms with van der Waals surface area (Å²) in [5.41, 5.74) is -2.10. The third-order valence-electron chi connectivity index (χ3n) is 11.5. The van der Waals surface area contributed by atoms with Crippen molar-refractivity contribution in [3.63, 3.8) is 0 Å². The number of urea groups is 1. The Bertz CT molecular complexity index is 1790. The number of nitrogens with zero attached hydrogens (tertiary/aromatic N) is 1. The molecule has 2 aliphatic carbocycles. The lowest BCUT2D eigenvalue weighted by molar-refractivity contribution is -0.144. The Balaban J connectivity index is 1.58. The van der Waals surface area contributed by atoms with Gasteiger partial charge in [-0.25, -0.2) is 26.4 Å². The number of amides is 5. The number of sulfone groups is 1. The average Bonchev–Trinajstić information content (AvgIpc) is 3.35. The molecule has 0 bridgehead atoms. The minimum atomic E-state index is -4.25. The van der Waals surface area contributed by atoms with Crippen molar-refractivity contribution >= 4 is 43.6 Å². The molecule has 5 amide bonds. The van der Waals surface area contributed by atoms with Crippen molar-refractivity contribution in [2.45, 2.75) is 128 Å². The fourth-order valence-corrected chi connectivity index (χ4v) is 10.4. The zero-order chi connectivity index (χ0) is 39.9. The molecule has 1 aliphatic heterocycles. The van der Waals surface area contributed by atoms with E-state index in [1.807, 2.05) is 13.8 Å². The Morgan fingerprint density at radius 2 is 1.53 bits per heavy atom. The molecule has 1 aromatic carbocycles. The van der Waals surface area contributed by atoms with E-state index in [1.165, 1.54) is 35.2 Å². The Morgan fingerprint density at radius 3 is 2.06 bits per heavy atom. The summed E-state index contributed by atoms with van der Waals surface area (Å²) in [4.78, 5) is 57.4. The molecule has 3 fully saturated rings. The number of fused-ring (bicyclic) bond motifs is 1. The summed E-state index contributed by atoms with van der Waals surface area (Å²) in [6, 6.07) is 3.31. The van der Waals surface area contributed by atoms with Crippen LogP contribution < -0.4 is 20.7 Å². The van der Waals surface area contributed by atoms with Crippen molar-refractivity contribution in [3.05, 3.63) is 43.0 Å². The monoisotopic (exact) mass is 777 g/mol. The van der Waals surface area contributed by atoms with E-state index in [-0.39, 0.29) is 34.4 Å². The lowest BCUT2D eigenvalue weighted by Crippen LogP contribution is -2.64. The molecule has 3 aliphatic rings. The van der Waals surface area contributed by atoms with Crippen molar-refractivity contribution in [3.8, 4) is 0 Å². The Kier molecular flexibility index (Phi) is 12.0. The smallest absolute Gasteiger partial charge is 0.315 e. The van der Waals surface area contributed by atoms with E-state index in [0.29, 0.717) is 12.8 Å². The van der Waals surface area contributed by atoms with Crippen LogP contribution in [0.5, 0.6) is 0 Å². The number of rotatable bonds is 12. The van der Waals surface area contributed by atoms with Crippen LogP contribution in [0.3, 0.4) is 0 Å². The topological polar surface area (TPSA) is 188 Å². The number of carbonyl (C=O) groups excluding carboxylic acids is 4. The van der Waals surface area contributed by atoms with E-state index in [1.54, 1.807) is 54.5 Å². The third kappa shape index (κ3) is 9.09. The summed E-state index contributed by atoms with van der Waals surface area (Å²) in [7, 11) is -7.84. The number of hydrogen-bond acceptors (Lipinski definition) is 8. The normalized spacial score (nSPS) is 24.1. The van der Waals surface area contributed by atoms with Crippen LogP contribution in [0.2, 0.25) is 0 Å². The SMILES string of the molecule is C=CC(C)C(NC(=O)C1C2C(CN1C(=O)C(NC(=O)NC1(CS(=O)(=O)C(C)(C)C)CCCCC1)C(C)(C)C)C2(C)C)C(=O)NS(=O)(=O)c1ccccc1. The van der Waals surface area contributed by atoms with Crippen molar-refractivity contribution in [1.29, 1.82) is 0 Å². The zero-order valence-electron chi connectivity index (χ0n) is 32.6. The van der Waals surface area contributed by atoms with Crippen molar-refractivity contribution in [2.24, 2.45) is 28.6 Å². The molecular weight excluding hydrogens is 719 g/mol. The molecule has 296 valence electrons. The van der Waals surface area contributed by atoms with Crippen molar-refractivity contribution in [2.75, 3.05) is 12.3 Å². The standard InChI is InChI=1S/C38H59N5O8S2/c1-11-24(2)28(31(44)42-53(50,51)25-18-14-12-15-19-25)39-32(45)29-27-26(37(27,9)10)22-43(29)33(46)30(35(3,4)5)40-34(47)41-38(20-16-13-17-21-38)23-52(48,49)36(6,7)8/h11-12,14-15,18-19,24,26-30H,1,13,16-17,20-23H2,2-10H3,(H,39,45)(H,42,44)(H2,40,41,47). The van der Waals surface area contributed by atoms with E-state index in [4.69, 9.17) is 0 Å². The van der Waals surface area contributed by atoms with Crippen molar-refractivity contribution < 1.29 is 36.0 Å². The van der Waals surface area contributed by atoms with Gasteiger partial charge in [0.2, 0.25) is 11.8 Å². The number of benzene rings is 1. The zero-order valence-corrected chi connectivity index (χ0v) is 34.2. The largest absolute Gasteiger partial charge is 0.342 e. The second kappa shape index (κ2) is 15.0. The highest BCUT2D eigenvalue weighted by atomic mass is 32.2. The maximum atomic E-state index is 14.5. The predicted molar refractivity (Wildman–Crippen MR) is 204 cm³/mol. The fourth-order valence-electron chi connectivity index (χ4n) is 7.81. The predicted octanol–water partition coefficient (Wildman–Crippen LogP) is 3.91. The molecule has 1 heterocycles. The van der Waals surface area contributed by atoms with E-state index >= 15 is 0 Å². The first-order chi connectivity index (χ1) is 24.3. The highest BCUT2D eigenvalue weighted by Crippen LogP contribution is 2.65. The molecule has 6 unspecified atom stereocenters. The number of sulfonamides is 1. The molecule has 13 nitrogen and oxygen atoms in total. The van der Waals surface area contributed by atoms with Gasteiger partial charge in [-0.3, -0.25) is 14.4 Å². The van der Waals surface area contributed by atoms with Gasteiger partial charge in [0.05, 0.1) is 20.9 Å². The van der Waals surface area contributed by atoms with Gasteiger partial charge in [0.1, 0.15) is 18.1 Å². The second-order valence-corrected chi connectivity index (χ2v) is 22.3. The van der Waals surface area contributed by atoms with Gasteiger partial charge in [0.25, 0.3) is 15.9 Å². The number of likely N-dealkylation sites (tertiary alicyclic amines) is 1. The summed E-state index contributed by atoms with van der Waals surface area (Å²) in [6.07, 6.45) is 4.85. The van der Waals surface area contributed by atoms with Gasteiger partial charge in [-0.05, 0) is 68.4 Å². The number of nitrogens with one attached hydrogen (secondary N) is 4. The molecule has 0 spiro atoms. The molecule has 0 aromatic heterocycles. The Morgan fingerprint density at radius 1 is 0.943 bits per heavy atom. The first kappa shape index (κ1) is 42.3. The van der Waals surface area contributed by atoms with Crippen LogP contribution in [0.1, 0.15) is 94.4 Å². The number of carbonyl (C=O) groups is 4. The lowest BCUT2D eigenvalue weighted by Gasteiger charge is -2.41. The van der Waals surface area contributed by atoms with Crippen LogP contribution in [0.4, 0.5) is 4.79 Å². The van der Waals surface area contributed by atoms with Gasteiger partial charge >= 0.3 is 6.03 Å². The molecule has 1 aromatic rings. The lowest BCUT2D eigenvalue weighted by atomic mass is 9.83. The molecule has 0 radical (unpaired) electrons. The molecule has 1 saturated heterocycles. The van der Waals surface area contributed by atoms with Gasteiger partial charge in [0.15, 0.2) is 9.84 Å². The molecule has 4 N–H and O–H groups in total. The Labute approximate surface area is 315 Å². The minimum absolute atomic E-state index is 0.0210. The first-order valence-electron chi connectivity index (χ1n) is 18.4. The van der Waals surface area contributed by atoms with E-state index in [0.717, 1.165) is 19.3 Å². The maximum Gasteiger partial charge on any atom is 0.315 e. The highest BCUT2D eigenvalue weighted by molar-refractivity contribution is 7.92. The van der Waals surface area contributed by atoms with Crippen molar-refractivity contribution in [1.82, 2.24) is 25.6 Å². The quantitative estimate of drug-likeness (QED) is 0.230. The van der Waals surface area contributed by atoms with E-state index < -0.39 is 83.4 Å². The summed E-state index contributed by atoms with van der Waals surface area (Å²) in [6.45, 7) is 19.9. The van der Waals surface area contributed by atoms with Crippen LogP contribution in [0.15, 0.2) is 47.9 Å². The molecule has 4 rings (SSSR count). The molecule has 15 heteroatoms. The highest BCUT2D eigenvalue weighted by Gasteiger charge is 2.70. The summed E-state index contributed by atoms with van der Waals surface area (Å²) in [5.74, 6) is -3.22. The number of piperidine rings is 1.